The van der Waals surface area contributed by atoms with Crippen LogP contribution in [-0.2, 0) is 0 Å². The van der Waals surface area contributed by atoms with Crippen molar-refractivity contribution in [3.8, 4) is 11.3 Å². The van der Waals surface area contributed by atoms with Crippen molar-refractivity contribution in [2.45, 2.75) is 25.7 Å². The lowest BCUT2D eigenvalue weighted by atomic mass is 10.1. The van der Waals surface area contributed by atoms with Crippen LogP contribution in [0.4, 0.5) is 26.2 Å². The topological polar surface area (TPSA) is 117 Å². The highest BCUT2D eigenvalue weighted by molar-refractivity contribution is 6.06. The van der Waals surface area contributed by atoms with Gasteiger partial charge in [-0.05, 0) is 37.3 Å². The average Bonchev–Trinajstić information content (AvgIpc) is 3.49. The van der Waals surface area contributed by atoms with Gasteiger partial charge < -0.3 is 29.5 Å². The van der Waals surface area contributed by atoms with Crippen LogP contribution in [0, 0.1) is 6.92 Å². The standard InChI is InChI=1S/C25H25F2N5O4/c1-15-12-16(4-7-28-15)20-2-3-21(35-20)23(34)30-17-14-22-18(31-24(36-22)29-8-11-33)13-19(17)32-9-5-25(26,27)6-10-32/h2-4,7,12-14,33H,5-6,8-11H2,1H3,(H,29,31)(H,30,34). The summed E-state index contributed by atoms with van der Waals surface area (Å²) in [6, 6.07) is 10.4. The first-order chi connectivity index (χ1) is 17.3. The van der Waals surface area contributed by atoms with E-state index in [1.54, 1.807) is 41.4 Å². The van der Waals surface area contributed by atoms with E-state index in [2.05, 4.69) is 20.6 Å². The van der Waals surface area contributed by atoms with Gasteiger partial charge in [0.2, 0.25) is 0 Å². The predicted octanol–water partition coefficient (Wildman–Crippen LogP) is 4.68. The second kappa shape index (κ2) is 9.57. The van der Waals surface area contributed by atoms with Gasteiger partial charge in [0.1, 0.15) is 11.3 Å². The third kappa shape index (κ3) is 5.01. The summed E-state index contributed by atoms with van der Waals surface area (Å²) >= 11 is 0. The lowest BCUT2D eigenvalue weighted by molar-refractivity contribution is -0.0220. The molecule has 3 aromatic heterocycles. The Bertz CT molecular complexity index is 1390. The maximum Gasteiger partial charge on any atom is 0.295 e. The van der Waals surface area contributed by atoms with Gasteiger partial charge in [-0.2, -0.15) is 4.98 Å². The number of anilines is 3. The summed E-state index contributed by atoms with van der Waals surface area (Å²) in [6.07, 6.45) is 1.10. The van der Waals surface area contributed by atoms with Crippen molar-refractivity contribution in [3.63, 3.8) is 0 Å². The van der Waals surface area contributed by atoms with Crippen molar-refractivity contribution in [1.29, 1.82) is 0 Å². The van der Waals surface area contributed by atoms with Crippen molar-refractivity contribution in [1.82, 2.24) is 9.97 Å². The van der Waals surface area contributed by atoms with Crippen molar-refractivity contribution < 1.29 is 27.5 Å². The third-order valence-electron chi connectivity index (χ3n) is 5.99. The number of oxazole rings is 1. The smallest absolute Gasteiger partial charge is 0.295 e. The molecular formula is C25H25F2N5O4. The van der Waals surface area contributed by atoms with Gasteiger partial charge in [0, 0.05) is 56.0 Å². The summed E-state index contributed by atoms with van der Waals surface area (Å²) in [7, 11) is 0. The molecule has 0 atom stereocenters. The van der Waals surface area contributed by atoms with Crippen LogP contribution in [0.2, 0.25) is 0 Å². The second-order valence-corrected chi connectivity index (χ2v) is 8.65. The van der Waals surface area contributed by atoms with E-state index >= 15 is 0 Å². The minimum atomic E-state index is -2.71. The summed E-state index contributed by atoms with van der Waals surface area (Å²) in [4.78, 5) is 23.4. The number of rotatable bonds is 7. The number of aryl methyl sites for hydroxylation is 1. The Kier molecular flexibility index (Phi) is 6.31. The van der Waals surface area contributed by atoms with Gasteiger partial charge in [0.25, 0.3) is 17.8 Å². The molecule has 1 aromatic carbocycles. The van der Waals surface area contributed by atoms with Crippen LogP contribution in [0.15, 0.2) is 51.4 Å². The highest BCUT2D eigenvalue weighted by Gasteiger charge is 2.35. The summed E-state index contributed by atoms with van der Waals surface area (Å²) in [5.41, 5.74) is 3.45. The van der Waals surface area contributed by atoms with Crippen molar-refractivity contribution >= 4 is 34.4 Å². The molecule has 1 amide bonds. The van der Waals surface area contributed by atoms with Crippen molar-refractivity contribution in [3.05, 3.63) is 54.0 Å². The fourth-order valence-corrected chi connectivity index (χ4v) is 4.14. The van der Waals surface area contributed by atoms with Gasteiger partial charge >= 0.3 is 0 Å². The molecule has 0 aliphatic carbocycles. The monoisotopic (exact) mass is 497 g/mol. The molecule has 1 saturated heterocycles. The van der Waals surface area contributed by atoms with E-state index in [9.17, 15) is 13.6 Å². The Hall–Kier alpha value is -3.99. The number of aliphatic hydroxyl groups excluding tert-OH is 1. The number of carbonyl (C=O) groups excluding carboxylic acids is 1. The van der Waals surface area contributed by atoms with E-state index in [0.717, 1.165) is 11.3 Å². The maximum absolute atomic E-state index is 13.8. The Labute approximate surface area is 205 Å². The lowest BCUT2D eigenvalue weighted by Gasteiger charge is -2.34. The number of amides is 1. The first-order valence-corrected chi connectivity index (χ1v) is 11.6. The number of carbonyl (C=O) groups is 1. The Morgan fingerprint density at radius 1 is 1.17 bits per heavy atom. The number of aromatic nitrogens is 2. The first kappa shape index (κ1) is 23.7. The molecule has 4 aromatic rings. The molecule has 1 fully saturated rings. The molecule has 1 aliphatic rings. The molecule has 1 aliphatic heterocycles. The van der Waals surface area contributed by atoms with Crippen LogP contribution in [0.1, 0.15) is 29.1 Å². The number of benzene rings is 1. The summed E-state index contributed by atoms with van der Waals surface area (Å²) in [6.45, 7) is 2.27. The number of pyridine rings is 1. The highest BCUT2D eigenvalue weighted by Crippen LogP contribution is 2.37. The van der Waals surface area contributed by atoms with Gasteiger partial charge in [0.05, 0.1) is 18.0 Å². The molecule has 4 heterocycles. The quantitative estimate of drug-likeness (QED) is 0.337. The molecule has 188 valence electrons. The first-order valence-electron chi connectivity index (χ1n) is 11.6. The van der Waals surface area contributed by atoms with E-state index in [0.29, 0.717) is 28.2 Å². The average molecular weight is 498 g/mol. The number of halogens is 2. The maximum atomic E-state index is 13.8. The molecule has 3 N–H and O–H groups in total. The van der Waals surface area contributed by atoms with Crippen molar-refractivity contribution in [2.24, 2.45) is 0 Å². The number of piperidine rings is 1. The number of fused-ring (bicyclic) bond motifs is 1. The Morgan fingerprint density at radius 2 is 1.97 bits per heavy atom. The fraction of sp³-hybridized carbons (Fsp3) is 0.320. The normalized spacial score (nSPS) is 15.3. The van der Waals surface area contributed by atoms with Crippen LogP contribution in [0.5, 0.6) is 0 Å². The minimum Gasteiger partial charge on any atom is -0.451 e. The van der Waals surface area contributed by atoms with E-state index in [-0.39, 0.29) is 50.9 Å². The molecule has 11 heteroatoms. The zero-order chi connectivity index (χ0) is 25.3. The number of hydrogen-bond donors (Lipinski definition) is 3. The van der Waals surface area contributed by atoms with Gasteiger partial charge in [-0.25, -0.2) is 8.78 Å². The lowest BCUT2D eigenvalue weighted by Crippen LogP contribution is -2.39. The van der Waals surface area contributed by atoms with Gasteiger partial charge in [0.15, 0.2) is 11.3 Å². The molecule has 0 unspecified atom stereocenters. The fourth-order valence-electron chi connectivity index (χ4n) is 4.14. The largest absolute Gasteiger partial charge is 0.451 e. The van der Waals surface area contributed by atoms with Crippen LogP contribution in [0.25, 0.3) is 22.4 Å². The summed E-state index contributed by atoms with van der Waals surface area (Å²) in [5, 5.41) is 14.7. The second-order valence-electron chi connectivity index (χ2n) is 8.65. The van der Waals surface area contributed by atoms with Crippen LogP contribution >= 0.6 is 0 Å². The van der Waals surface area contributed by atoms with Crippen LogP contribution in [0.3, 0.4) is 0 Å². The Balaban J connectivity index is 1.45. The number of aliphatic hydroxyl groups is 1. The zero-order valence-electron chi connectivity index (χ0n) is 19.6. The summed E-state index contributed by atoms with van der Waals surface area (Å²) < 4.78 is 39.1. The van der Waals surface area contributed by atoms with E-state index < -0.39 is 11.8 Å². The molecular weight excluding hydrogens is 472 g/mol. The molecule has 0 saturated carbocycles. The van der Waals surface area contributed by atoms with Gasteiger partial charge in [-0.1, -0.05) is 0 Å². The van der Waals surface area contributed by atoms with Gasteiger partial charge in [-0.3, -0.25) is 9.78 Å². The van der Waals surface area contributed by atoms with E-state index in [1.807, 2.05) is 13.0 Å². The number of alkyl halides is 2. The summed E-state index contributed by atoms with van der Waals surface area (Å²) in [5.74, 6) is -2.59. The third-order valence-corrected chi connectivity index (χ3v) is 5.99. The molecule has 9 nitrogen and oxygen atoms in total. The predicted molar refractivity (Wildman–Crippen MR) is 131 cm³/mol. The van der Waals surface area contributed by atoms with Crippen LogP contribution in [-0.4, -0.2) is 53.1 Å². The van der Waals surface area contributed by atoms with Gasteiger partial charge in [-0.15, -0.1) is 0 Å². The number of hydrogen-bond acceptors (Lipinski definition) is 8. The number of furan rings is 1. The zero-order valence-corrected chi connectivity index (χ0v) is 19.6. The number of nitrogens with zero attached hydrogens (tertiary/aromatic N) is 3. The Morgan fingerprint density at radius 3 is 2.72 bits per heavy atom. The van der Waals surface area contributed by atoms with E-state index in [1.165, 1.54) is 0 Å². The van der Waals surface area contributed by atoms with Crippen molar-refractivity contribution in [2.75, 3.05) is 41.8 Å². The number of nitrogens with one attached hydrogen (secondary N) is 2. The molecule has 0 spiro atoms. The molecule has 36 heavy (non-hydrogen) atoms. The van der Waals surface area contributed by atoms with Crippen LogP contribution < -0.4 is 15.5 Å². The highest BCUT2D eigenvalue weighted by atomic mass is 19.3. The molecule has 0 bridgehead atoms. The SMILES string of the molecule is Cc1cc(-c2ccc(C(=O)Nc3cc4oc(NCCO)nc4cc3N3CCC(F)(F)CC3)o2)ccn1. The minimum absolute atomic E-state index is 0.0959. The molecule has 0 radical (unpaired) electrons. The van der Waals surface area contributed by atoms with E-state index in [4.69, 9.17) is 13.9 Å². The molecule has 5 rings (SSSR count).